The third-order valence-corrected chi connectivity index (χ3v) is 3.28. The highest BCUT2D eigenvalue weighted by molar-refractivity contribution is 5.09. The molecule has 0 aliphatic heterocycles. The summed E-state index contributed by atoms with van der Waals surface area (Å²) in [6.07, 6.45) is 5.56. The molecule has 4 nitrogen and oxygen atoms in total. The Balaban J connectivity index is 2.10. The Bertz CT molecular complexity index is 395. The fourth-order valence-electron chi connectivity index (χ4n) is 2.16. The molecule has 0 spiro atoms. The van der Waals surface area contributed by atoms with Gasteiger partial charge >= 0.3 is 0 Å². The standard InChI is InChI=1S/C12H18N4/c1-10(2)7-16-11(14-9-15-16)6-12(8-13)4-3-5-12/h9-10H,3-7H2,1-2H3. The van der Waals surface area contributed by atoms with Gasteiger partial charge in [0.15, 0.2) is 0 Å². The number of nitriles is 1. The lowest BCUT2D eigenvalue weighted by atomic mass is 9.68. The lowest BCUT2D eigenvalue weighted by Crippen LogP contribution is -2.31. The van der Waals surface area contributed by atoms with E-state index in [2.05, 4.69) is 30.0 Å². The van der Waals surface area contributed by atoms with Crippen molar-refractivity contribution in [2.45, 2.75) is 46.1 Å². The molecule has 2 rings (SSSR count). The van der Waals surface area contributed by atoms with E-state index < -0.39 is 0 Å². The first-order valence-electron chi connectivity index (χ1n) is 5.93. The summed E-state index contributed by atoms with van der Waals surface area (Å²) in [5, 5.41) is 13.4. The van der Waals surface area contributed by atoms with Crippen LogP contribution in [0.2, 0.25) is 0 Å². The molecule has 0 radical (unpaired) electrons. The van der Waals surface area contributed by atoms with Crippen molar-refractivity contribution in [3.63, 3.8) is 0 Å². The Morgan fingerprint density at radius 3 is 2.81 bits per heavy atom. The maximum Gasteiger partial charge on any atom is 0.138 e. The van der Waals surface area contributed by atoms with Crippen molar-refractivity contribution in [2.24, 2.45) is 11.3 Å². The summed E-state index contributed by atoms with van der Waals surface area (Å²) in [7, 11) is 0. The zero-order valence-corrected chi connectivity index (χ0v) is 9.98. The van der Waals surface area contributed by atoms with Crippen LogP contribution < -0.4 is 0 Å². The van der Waals surface area contributed by atoms with Gasteiger partial charge in [-0.15, -0.1) is 0 Å². The van der Waals surface area contributed by atoms with Crippen LogP contribution >= 0.6 is 0 Å². The summed E-state index contributed by atoms with van der Waals surface area (Å²) in [6, 6.07) is 2.45. The molecule has 1 aromatic heterocycles. The first-order valence-corrected chi connectivity index (χ1v) is 5.93. The monoisotopic (exact) mass is 218 g/mol. The largest absolute Gasteiger partial charge is 0.250 e. The third kappa shape index (κ3) is 2.08. The zero-order chi connectivity index (χ0) is 11.6. The molecule has 1 aliphatic rings. The van der Waals surface area contributed by atoms with Crippen molar-refractivity contribution in [2.75, 3.05) is 0 Å². The minimum absolute atomic E-state index is 0.151. The number of hydrogen-bond acceptors (Lipinski definition) is 3. The van der Waals surface area contributed by atoms with Crippen molar-refractivity contribution in [3.8, 4) is 6.07 Å². The maximum absolute atomic E-state index is 9.20. The predicted molar refractivity (Wildman–Crippen MR) is 60.5 cm³/mol. The molecule has 4 heteroatoms. The Kier molecular flexibility index (Phi) is 2.95. The Morgan fingerprint density at radius 1 is 1.56 bits per heavy atom. The van der Waals surface area contributed by atoms with Crippen molar-refractivity contribution < 1.29 is 0 Å². The third-order valence-electron chi connectivity index (χ3n) is 3.28. The topological polar surface area (TPSA) is 54.5 Å². The molecule has 0 saturated heterocycles. The van der Waals surface area contributed by atoms with Crippen LogP contribution in [0.5, 0.6) is 0 Å². The van der Waals surface area contributed by atoms with E-state index in [1.165, 1.54) is 6.42 Å². The molecule has 1 aromatic rings. The van der Waals surface area contributed by atoms with Crippen LogP contribution in [0.1, 0.15) is 38.9 Å². The Morgan fingerprint density at radius 2 is 2.31 bits per heavy atom. The Labute approximate surface area is 96.3 Å². The normalized spacial score (nSPS) is 18.1. The summed E-state index contributed by atoms with van der Waals surface area (Å²) in [6.45, 7) is 5.21. The van der Waals surface area contributed by atoms with Crippen LogP contribution in [0.15, 0.2) is 6.33 Å². The molecule has 0 atom stereocenters. The van der Waals surface area contributed by atoms with Crippen LogP contribution in [0.4, 0.5) is 0 Å². The smallest absolute Gasteiger partial charge is 0.138 e. The summed E-state index contributed by atoms with van der Waals surface area (Å²) >= 11 is 0. The van der Waals surface area contributed by atoms with Crippen molar-refractivity contribution in [1.29, 1.82) is 5.26 Å². The van der Waals surface area contributed by atoms with E-state index in [4.69, 9.17) is 0 Å². The second-order valence-corrected chi connectivity index (χ2v) is 5.17. The lowest BCUT2D eigenvalue weighted by Gasteiger charge is -2.34. The minimum Gasteiger partial charge on any atom is -0.250 e. The van der Waals surface area contributed by atoms with E-state index in [0.29, 0.717) is 5.92 Å². The van der Waals surface area contributed by atoms with E-state index in [1.54, 1.807) is 6.33 Å². The van der Waals surface area contributed by atoms with E-state index in [9.17, 15) is 5.26 Å². The minimum atomic E-state index is -0.151. The average molecular weight is 218 g/mol. The average Bonchev–Trinajstić information content (AvgIpc) is 2.58. The number of nitrogens with zero attached hydrogens (tertiary/aromatic N) is 4. The molecule has 0 unspecified atom stereocenters. The SMILES string of the molecule is CC(C)Cn1ncnc1CC1(C#N)CCC1. The van der Waals surface area contributed by atoms with Crippen LogP contribution in [0, 0.1) is 22.7 Å². The molecule has 0 bridgehead atoms. The quantitative estimate of drug-likeness (QED) is 0.778. The van der Waals surface area contributed by atoms with Gasteiger partial charge < -0.3 is 0 Å². The highest BCUT2D eigenvalue weighted by Crippen LogP contribution is 2.42. The van der Waals surface area contributed by atoms with Gasteiger partial charge in [-0.3, -0.25) is 0 Å². The van der Waals surface area contributed by atoms with E-state index in [1.807, 2.05) is 4.68 Å². The first kappa shape index (κ1) is 11.1. The van der Waals surface area contributed by atoms with Crippen LogP contribution in [-0.4, -0.2) is 14.8 Å². The van der Waals surface area contributed by atoms with E-state index in [-0.39, 0.29) is 5.41 Å². The molecular weight excluding hydrogens is 200 g/mol. The first-order chi connectivity index (χ1) is 7.65. The molecule has 1 saturated carbocycles. The lowest BCUT2D eigenvalue weighted by molar-refractivity contribution is 0.206. The highest BCUT2D eigenvalue weighted by atomic mass is 15.3. The van der Waals surface area contributed by atoms with Crippen LogP contribution in [-0.2, 0) is 13.0 Å². The predicted octanol–water partition coefficient (Wildman–Crippen LogP) is 2.17. The second kappa shape index (κ2) is 4.25. The molecule has 1 fully saturated rings. The Hall–Kier alpha value is -1.37. The molecular formula is C12H18N4. The van der Waals surface area contributed by atoms with Gasteiger partial charge in [-0.2, -0.15) is 10.4 Å². The van der Waals surface area contributed by atoms with Gasteiger partial charge in [-0.1, -0.05) is 20.3 Å². The molecule has 86 valence electrons. The van der Waals surface area contributed by atoms with Crippen molar-refractivity contribution >= 4 is 0 Å². The fraction of sp³-hybridized carbons (Fsp3) is 0.750. The zero-order valence-electron chi connectivity index (χ0n) is 9.98. The number of rotatable bonds is 4. The van der Waals surface area contributed by atoms with Gasteiger partial charge in [0.1, 0.15) is 12.2 Å². The molecule has 0 amide bonds. The van der Waals surface area contributed by atoms with Crippen molar-refractivity contribution in [1.82, 2.24) is 14.8 Å². The summed E-state index contributed by atoms with van der Waals surface area (Å²) in [5.74, 6) is 1.52. The molecule has 16 heavy (non-hydrogen) atoms. The maximum atomic E-state index is 9.20. The summed E-state index contributed by atoms with van der Waals surface area (Å²) < 4.78 is 1.95. The van der Waals surface area contributed by atoms with Crippen LogP contribution in [0.25, 0.3) is 0 Å². The van der Waals surface area contributed by atoms with Crippen molar-refractivity contribution in [3.05, 3.63) is 12.2 Å². The highest BCUT2D eigenvalue weighted by Gasteiger charge is 2.38. The van der Waals surface area contributed by atoms with Gasteiger partial charge in [0.2, 0.25) is 0 Å². The van der Waals surface area contributed by atoms with Gasteiger partial charge in [-0.05, 0) is 18.8 Å². The van der Waals surface area contributed by atoms with Gasteiger partial charge in [0, 0.05) is 13.0 Å². The number of hydrogen-bond donors (Lipinski definition) is 0. The van der Waals surface area contributed by atoms with Gasteiger partial charge in [0.05, 0.1) is 11.5 Å². The summed E-state index contributed by atoms with van der Waals surface area (Å²) in [5.41, 5.74) is -0.151. The molecule has 1 aliphatic carbocycles. The van der Waals surface area contributed by atoms with E-state index in [0.717, 1.165) is 31.6 Å². The second-order valence-electron chi connectivity index (χ2n) is 5.17. The number of aromatic nitrogens is 3. The fourth-order valence-corrected chi connectivity index (χ4v) is 2.16. The van der Waals surface area contributed by atoms with Crippen LogP contribution in [0.3, 0.4) is 0 Å². The van der Waals surface area contributed by atoms with Gasteiger partial charge in [0.25, 0.3) is 0 Å². The molecule has 0 aromatic carbocycles. The van der Waals surface area contributed by atoms with Gasteiger partial charge in [-0.25, -0.2) is 9.67 Å². The summed E-state index contributed by atoms with van der Waals surface area (Å²) in [4.78, 5) is 4.28. The van der Waals surface area contributed by atoms with E-state index >= 15 is 0 Å². The molecule has 0 N–H and O–H groups in total. The molecule has 1 heterocycles.